The third kappa shape index (κ3) is 4.66. The number of benzene rings is 1. The first-order valence-corrected chi connectivity index (χ1v) is 3.52. The van der Waals surface area contributed by atoms with Crippen molar-refractivity contribution >= 4 is 23.1 Å². The van der Waals surface area contributed by atoms with Gasteiger partial charge in [-0.25, -0.2) is 13.2 Å². The van der Waals surface area contributed by atoms with E-state index in [1.807, 2.05) is 0 Å². The zero-order chi connectivity index (χ0) is 8.97. The molecule has 1 aromatic carbocycles. The zero-order valence-electron chi connectivity index (χ0n) is 7.49. The molecule has 1 aromatic rings. The number of halogens is 4. The maximum atomic E-state index is 12.1. The maximum absolute atomic E-state index is 12.1. The summed E-state index contributed by atoms with van der Waals surface area (Å²) in [5.74, 6) is 0. The minimum Gasteiger partial charge on any atom is -1.00 e. The Bertz CT molecular complexity index is 213. The van der Waals surface area contributed by atoms with Crippen LogP contribution in [-0.2, 0) is 20.0 Å². The van der Waals surface area contributed by atoms with Crippen molar-refractivity contribution in [2.75, 3.05) is 0 Å². The van der Waals surface area contributed by atoms with Gasteiger partial charge in [-0.2, -0.15) is 18.2 Å². The Morgan fingerprint density at radius 1 is 0.929 bits per heavy atom. The van der Waals surface area contributed by atoms with Crippen LogP contribution in [0.4, 0.5) is 13.2 Å². The normalized spacial score (nSPS) is 8.79. The molecule has 14 heavy (non-hydrogen) atoms. The summed E-state index contributed by atoms with van der Waals surface area (Å²) in [6, 6.07) is 5.19. The van der Waals surface area contributed by atoms with Crippen molar-refractivity contribution in [2.24, 2.45) is 0 Å². The molecule has 5 heteroatoms. The Kier molecular flexibility index (Phi) is 10.2. The van der Waals surface area contributed by atoms with Crippen LogP contribution in [0, 0.1) is 6.07 Å². The fourth-order valence-electron chi connectivity index (χ4n) is 0.989. The van der Waals surface area contributed by atoms with Gasteiger partial charge >= 0.3 is 23.1 Å². The summed E-state index contributed by atoms with van der Waals surface area (Å²) in [6.45, 7) is -2.17. The standard InChI is InChI=1S/C9H8F3.BrH.Mg/c10-4-7-1-8(5-11)3-9(2-7)6-12;;/h1-2H,4-6H2;1H;/q-1;;+2/p-1. The summed E-state index contributed by atoms with van der Waals surface area (Å²) < 4.78 is 36.3. The van der Waals surface area contributed by atoms with Crippen molar-refractivity contribution in [3.63, 3.8) is 0 Å². The van der Waals surface area contributed by atoms with Crippen LogP contribution < -0.4 is 17.0 Å². The summed E-state index contributed by atoms with van der Waals surface area (Å²) in [7, 11) is 0. The molecular formula is C9H8BrF3Mg. The third-order valence-electron chi connectivity index (χ3n) is 1.48. The molecule has 0 amide bonds. The van der Waals surface area contributed by atoms with Crippen LogP contribution in [0.2, 0.25) is 0 Å². The molecule has 0 N–H and O–H groups in total. The molecule has 1 rings (SSSR count). The first-order chi connectivity index (χ1) is 5.80. The van der Waals surface area contributed by atoms with Crippen LogP contribution in [0.3, 0.4) is 0 Å². The molecule has 0 fully saturated rings. The van der Waals surface area contributed by atoms with Crippen molar-refractivity contribution in [1.82, 2.24) is 0 Å². The van der Waals surface area contributed by atoms with E-state index in [1.54, 1.807) is 0 Å². The van der Waals surface area contributed by atoms with E-state index in [9.17, 15) is 13.2 Å². The Morgan fingerprint density at radius 2 is 1.36 bits per heavy atom. The first kappa shape index (κ1) is 16.7. The van der Waals surface area contributed by atoms with Crippen molar-refractivity contribution < 1.29 is 30.2 Å². The summed E-state index contributed by atoms with van der Waals surface area (Å²) in [6.07, 6.45) is 0. The second-order valence-electron chi connectivity index (χ2n) is 2.44. The van der Waals surface area contributed by atoms with E-state index in [-0.39, 0.29) is 51.2 Å². The fourth-order valence-corrected chi connectivity index (χ4v) is 0.989. The summed E-state index contributed by atoms with van der Waals surface area (Å²) in [5.41, 5.74) is 0.713. The van der Waals surface area contributed by atoms with Crippen molar-refractivity contribution in [3.05, 3.63) is 34.9 Å². The molecule has 0 aliphatic heterocycles. The Balaban J connectivity index is 0. The third-order valence-corrected chi connectivity index (χ3v) is 1.48. The summed E-state index contributed by atoms with van der Waals surface area (Å²) in [5, 5.41) is 0. The molecule has 0 aliphatic carbocycles. The first-order valence-electron chi connectivity index (χ1n) is 3.52. The average Bonchev–Trinajstić information content (AvgIpc) is 2.16. The van der Waals surface area contributed by atoms with E-state index < -0.39 is 20.0 Å². The predicted molar refractivity (Wildman–Crippen MR) is 45.5 cm³/mol. The van der Waals surface area contributed by atoms with Gasteiger partial charge in [0.25, 0.3) is 0 Å². The molecule has 0 aromatic heterocycles. The second kappa shape index (κ2) is 8.56. The molecule has 0 spiro atoms. The van der Waals surface area contributed by atoms with Crippen LogP contribution in [0.1, 0.15) is 16.7 Å². The van der Waals surface area contributed by atoms with Gasteiger partial charge < -0.3 is 17.0 Å². The van der Waals surface area contributed by atoms with E-state index >= 15 is 0 Å². The number of alkyl halides is 3. The van der Waals surface area contributed by atoms with Crippen LogP contribution in [0.25, 0.3) is 0 Å². The van der Waals surface area contributed by atoms with Gasteiger partial charge in [0.05, 0.1) is 20.0 Å². The Morgan fingerprint density at radius 3 is 1.64 bits per heavy atom. The van der Waals surface area contributed by atoms with Crippen molar-refractivity contribution in [3.8, 4) is 0 Å². The molecule has 0 bridgehead atoms. The van der Waals surface area contributed by atoms with Gasteiger partial charge in [-0.05, 0) is 0 Å². The van der Waals surface area contributed by atoms with Gasteiger partial charge in [-0.3, -0.25) is 0 Å². The smallest absolute Gasteiger partial charge is 1.00 e. The Hall–Kier alpha value is 0.256. The molecule has 0 aliphatic rings. The molecule has 0 saturated heterocycles. The van der Waals surface area contributed by atoms with Gasteiger partial charge in [0, 0.05) is 0 Å². The van der Waals surface area contributed by atoms with E-state index in [4.69, 9.17) is 0 Å². The van der Waals surface area contributed by atoms with E-state index in [2.05, 4.69) is 6.07 Å². The van der Waals surface area contributed by atoms with Gasteiger partial charge in [0.2, 0.25) is 0 Å². The molecule has 0 heterocycles. The summed E-state index contributed by atoms with van der Waals surface area (Å²) in [4.78, 5) is 0. The molecular weight excluding hydrogens is 269 g/mol. The number of rotatable bonds is 3. The average molecular weight is 277 g/mol. The van der Waals surface area contributed by atoms with Crippen molar-refractivity contribution in [2.45, 2.75) is 20.0 Å². The minimum atomic E-state index is -0.735. The van der Waals surface area contributed by atoms with Crippen LogP contribution >= 0.6 is 0 Å². The SMILES string of the molecule is FCc1[c-]c(CF)cc(CF)c1.[Br-].[Mg+2]. The predicted octanol–water partition coefficient (Wildman–Crippen LogP) is -0.482. The fraction of sp³-hybridized carbons (Fsp3) is 0.333. The van der Waals surface area contributed by atoms with E-state index in [1.165, 1.54) is 12.1 Å². The minimum absolute atomic E-state index is 0. The van der Waals surface area contributed by atoms with Crippen LogP contribution in [0.15, 0.2) is 12.1 Å². The molecule has 0 saturated carbocycles. The van der Waals surface area contributed by atoms with Crippen LogP contribution in [0.5, 0.6) is 0 Å². The van der Waals surface area contributed by atoms with Gasteiger partial charge in [0.1, 0.15) is 0 Å². The monoisotopic (exact) mass is 276 g/mol. The number of hydrogen-bond acceptors (Lipinski definition) is 0. The molecule has 0 nitrogen and oxygen atoms in total. The zero-order valence-corrected chi connectivity index (χ0v) is 10.5. The van der Waals surface area contributed by atoms with Gasteiger partial charge in [0.15, 0.2) is 0 Å². The molecule has 0 atom stereocenters. The topological polar surface area (TPSA) is 0 Å². The van der Waals surface area contributed by atoms with Crippen LogP contribution in [-0.4, -0.2) is 23.1 Å². The quantitative estimate of drug-likeness (QED) is 0.517. The van der Waals surface area contributed by atoms with Gasteiger partial charge in [-0.1, -0.05) is 0 Å². The molecule has 0 unspecified atom stereocenters. The number of hydrogen-bond donors (Lipinski definition) is 0. The Labute approximate surface area is 108 Å². The largest absolute Gasteiger partial charge is 2.00 e. The molecule has 74 valence electrons. The van der Waals surface area contributed by atoms with Crippen molar-refractivity contribution in [1.29, 1.82) is 0 Å². The van der Waals surface area contributed by atoms with E-state index in [0.29, 0.717) is 5.56 Å². The second-order valence-corrected chi connectivity index (χ2v) is 2.44. The molecule has 0 radical (unpaired) electrons. The van der Waals surface area contributed by atoms with Gasteiger partial charge in [-0.15, -0.1) is 16.7 Å². The maximum Gasteiger partial charge on any atom is 2.00 e. The van der Waals surface area contributed by atoms with E-state index in [0.717, 1.165) is 0 Å². The summed E-state index contributed by atoms with van der Waals surface area (Å²) >= 11 is 0.